The van der Waals surface area contributed by atoms with Gasteiger partial charge in [-0.3, -0.25) is 0 Å². The lowest BCUT2D eigenvalue weighted by atomic mass is 9.98. The zero-order valence-corrected chi connectivity index (χ0v) is 7.94. The first kappa shape index (κ1) is 9.07. The zero-order chi connectivity index (χ0) is 9.30. The number of hydrogen-bond acceptors (Lipinski definition) is 2. The Morgan fingerprint density at radius 3 is 2.25 bits per heavy atom. The Bertz CT molecular complexity index is 303. The molecular weight excluding hydrogens is 148 g/mol. The third-order valence-corrected chi connectivity index (χ3v) is 2.39. The van der Waals surface area contributed by atoms with Crippen LogP contribution in [0, 0.1) is 20.8 Å². The second-order valence-electron chi connectivity index (χ2n) is 3.23. The van der Waals surface area contributed by atoms with Gasteiger partial charge in [-0.15, -0.1) is 0 Å². The number of nitrogens with two attached hydrogens (primary N) is 2. The van der Waals surface area contributed by atoms with Gasteiger partial charge in [-0.25, -0.2) is 0 Å². The van der Waals surface area contributed by atoms with Crippen LogP contribution in [-0.2, 0) is 6.54 Å². The summed E-state index contributed by atoms with van der Waals surface area (Å²) < 4.78 is 0. The van der Waals surface area contributed by atoms with Crippen molar-refractivity contribution in [2.75, 3.05) is 5.73 Å². The molecule has 0 aliphatic rings. The summed E-state index contributed by atoms with van der Waals surface area (Å²) in [5.74, 6) is 0. The molecule has 1 aromatic carbocycles. The number of nitrogen functional groups attached to an aromatic ring is 1. The maximum absolute atomic E-state index is 5.87. The number of benzene rings is 1. The van der Waals surface area contributed by atoms with Gasteiger partial charge >= 0.3 is 0 Å². The third-order valence-electron chi connectivity index (χ3n) is 2.39. The standard InChI is InChI=1S/C10H16N2/c1-6-4-7(2)10(12)8(3)9(6)5-11/h4H,5,11-12H2,1-3H3. The van der Waals surface area contributed by atoms with Gasteiger partial charge < -0.3 is 11.5 Å². The fraction of sp³-hybridized carbons (Fsp3) is 0.400. The summed E-state index contributed by atoms with van der Waals surface area (Å²) >= 11 is 0. The van der Waals surface area contributed by atoms with E-state index in [0.29, 0.717) is 6.54 Å². The summed E-state index contributed by atoms with van der Waals surface area (Å²) in [7, 11) is 0. The Labute approximate surface area is 73.6 Å². The van der Waals surface area contributed by atoms with Crippen LogP contribution in [0.1, 0.15) is 22.3 Å². The molecule has 66 valence electrons. The van der Waals surface area contributed by atoms with E-state index < -0.39 is 0 Å². The number of aryl methyl sites for hydroxylation is 2. The lowest BCUT2D eigenvalue weighted by Gasteiger charge is -2.12. The monoisotopic (exact) mass is 164 g/mol. The van der Waals surface area contributed by atoms with Crippen molar-refractivity contribution in [2.24, 2.45) is 5.73 Å². The van der Waals surface area contributed by atoms with Gasteiger partial charge in [-0.05, 0) is 43.0 Å². The van der Waals surface area contributed by atoms with Gasteiger partial charge in [-0.1, -0.05) is 6.07 Å². The quantitative estimate of drug-likeness (QED) is 0.620. The zero-order valence-electron chi connectivity index (χ0n) is 7.94. The lowest BCUT2D eigenvalue weighted by molar-refractivity contribution is 1.03. The summed E-state index contributed by atoms with van der Waals surface area (Å²) in [6, 6.07) is 2.09. The minimum Gasteiger partial charge on any atom is -0.398 e. The molecule has 0 unspecified atom stereocenters. The van der Waals surface area contributed by atoms with Crippen LogP contribution in [0.3, 0.4) is 0 Å². The topological polar surface area (TPSA) is 52.0 Å². The third kappa shape index (κ3) is 1.30. The van der Waals surface area contributed by atoms with Gasteiger partial charge in [0.05, 0.1) is 0 Å². The van der Waals surface area contributed by atoms with Gasteiger partial charge in [-0.2, -0.15) is 0 Å². The fourth-order valence-corrected chi connectivity index (χ4v) is 1.56. The van der Waals surface area contributed by atoms with Crippen LogP contribution in [0.15, 0.2) is 6.07 Å². The Morgan fingerprint density at radius 1 is 1.17 bits per heavy atom. The molecule has 0 fully saturated rings. The van der Waals surface area contributed by atoms with Crippen molar-refractivity contribution in [2.45, 2.75) is 27.3 Å². The van der Waals surface area contributed by atoms with Gasteiger partial charge in [0.1, 0.15) is 0 Å². The second-order valence-corrected chi connectivity index (χ2v) is 3.23. The highest BCUT2D eigenvalue weighted by atomic mass is 14.6. The molecule has 0 spiro atoms. The lowest BCUT2D eigenvalue weighted by Crippen LogP contribution is -2.06. The van der Waals surface area contributed by atoms with E-state index in [1.54, 1.807) is 0 Å². The van der Waals surface area contributed by atoms with Crippen molar-refractivity contribution >= 4 is 5.69 Å². The van der Waals surface area contributed by atoms with E-state index in [1.807, 2.05) is 13.8 Å². The van der Waals surface area contributed by atoms with E-state index in [2.05, 4.69) is 13.0 Å². The van der Waals surface area contributed by atoms with Crippen LogP contribution in [0.25, 0.3) is 0 Å². The van der Waals surface area contributed by atoms with Crippen LogP contribution in [0.5, 0.6) is 0 Å². The van der Waals surface area contributed by atoms with Gasteiger partial charge in [0.2, 0.25) is 0 Å². The average Bonchev–Trinajstić information content (AvgIpc) is 2.01. The van der Waals surface area contributed by atoms with E-state index in [4.69, 9.17) is 11.5 Å². The first-order chi connectivity index (χ1) is 5.57. The number of hydrogen-bond donors (Lipinski definition) is 2. The van der Waals surface area contributed by atoms with Crippen LogP contribution in [0.2, 0.25) is 0 Å². The maximum atomic E-state index is 5.87. The highest BCUT2D eigenvalue weighted by Gasteiger charge is 2.06. The first-order valence-electron chi connectivity index (χ1n) is 4.13. The van der Waals surface area contributed by atoms with Crippen LogP contribution >= 0.6 is 0 Å². The molecule has 0 bridgehead atoms. The molecule has 2 nitrogen and oxygen atoms in total. The largest absolute Gasteiger partial charge is 0.398 e. The van der Waals surface area contributed by atoms with E-state index in [0.717, 1.165) is 16.8 Å². The van der Waals surface area contributed by atoms with Crippen LogP contribution < -0.4 is 11.5 Å². The highest BCUT2D eigenvalue weighted by molar-refractivity contribution is 5.58. The molecule has 0 aliphatic heterocycles. The first-order valence-corrected chi connectivity index (χ1v) is 4.13. The van der Waals surface area contributed by atoms with E-state index in [1.165, 1.54) is 11.1 Å². The van der Waals surface area contributed by atoms with E-state index >= 15 is 0 Å². The van der Waals surface area contributed by atoms with Crippen molar-refractivity contribution in [3.8, 4) is 0 Å². The van der Waals surface area contributed by atoms with Gasteiger partial charge in [0.25, 0.3) is 0 Å². The molecule has 1 rings (SSSR count). The molecule has 0 saturated carbocycles. The Hall–Kier alpha value is -1.02. The molecular formula is C10H16N2. The number of anilines is 1. The summed E-state index contributed by atoms with van der Waals surface area (Å²) in [4.78, 5) is 0. The van der Waals surface area contributed by atoms with Crippen molar-refractivity contribution in [1.29, 1.82) is 0 Å². The summed E-state index contributed by atoms with van der Waals surface area (Å²) in [5.41, 5.74) is 17.1. The smallest absolute Gasteiger partial charge is 0.0376 e. The molecule has 4 N–H and O–H groups in total. The Morgan fingerprint density at radius 2 is 1.75 bits per heavy atom. The molecule has 12 heavy (non-hydrogen) atoms. The van der Waals surface area contributed by atoms with E-state index in [-0.39, 0.29) is 0 Å². The van der Waals surface area contributed by atoms with Crippen LogP contribution in [-0.4, -0.2) is 0 Å². The average molecular weight is 164 g/mol. The summed E-state index contributed by atoms with van der Waals surface area (Å²) in [6.07, 6.45) is 0. The van der Waals surface area contributed by atoms with Gasteiger partial charge in [0.15, 0.2) is 0 Å². The van der Waals surface area contributed by atoms with Crippen molar-refractivity contribution in [3.05, 3.63) is 28.3 Å². The minimum absolute atomic E-state index is 0.572. The van der Waals surface area contributed by atoms with Gasteiger partial charge in [0, 0.05) is 12.2 Å². The fourth-order valence-electron chi connectivity index (χ4n) is 1.56. The molecule has 0 heterocycles. The van der Waals surface area contributed by atoms with E-state index in [9.17, 15) is 0 Å². The molecule has 2 heteroatoms. The summed E-state index contributed by atoms with van der Waals surface area (Å²) in [5, 5.41) is 0. The SMILES string of the molecule is Cc1cc(C)c(CN)c(C)c1N. The van der Waals surface area contributed by atoms with Crippen LogP contribution in [0.4, 0.5) is 5.69 Å². The molecule has 0 atom stereocenters. The molecule has 0 radical (unpaired) electrons. The van der Waals surface area contributed by atoms with Crippen molar-refractivity contribution in [3.63, 3.8) is 0 Å². The number of rotatable bonds is 1. The minimum atomic E-state index is 0.572. The summed E-state index contributed by atoms with van der Waals surface area (Å²) in [6.45, 7) is 6.69. The highest BCUT2D eigenvalue weighted by Crippen LogP contribution is 2.23. The predicted molar refractivity (Wildman–Crippen MR) is 53.0 cm³/mol. The molecule has 0 saturated heterocycles. The predicted octanol–water partition coefficient (Wildman–Crippen LogP) is 1.65. The molecule has 0 amide bonds. The second kappa shape index (κ2) is 3.15. The van der Waals surface area contributed by atoms with Crippen molar-refractivity contribution < 1.29 is 0 Å². The molecule has 1 aromatic rings. The molecule has 0 aromatic heterocycles. The Balaban J connectivity index is 3.40. The van der Waals surface area contributed by atoms with Crippen molar-refractivity contribution in [1.82, 2.24) is 0 Å². The molecule has 0 aliphatic carbocycles. The normalized spacial score (nSPS) is 10.3. The Kier molecular flexibility index (Phi) is 2.38. The maximum Gasteiger partial charge on any atom is 0.0376 e.